The molecular weight excluding hydrogens is 336 g/mol. The van der Waals surface area contributed by atoms with Crippen molar-refractivity contribution in [3.63, 3.8) is 0 Å². The van der Waals surface area contributed by atoms with Crippen LogP contribution in [0.1, 0.15) is 59.4 Å². The van der Waals surface area contributed by atoms with E-state index in [1.165, 1.54) is 31.3 Å². The highest BCUT2D eigenvalue weighted by Gasteiger charge is 2.11. The van der Waals surface area contributed by atoms with Crippen molar-refractivity contribution in [3.8, 4) is 0 Å². The third kappa shape index (κ3) is 5.64. The van der Waals surface area contributed by atoms with Crippen molar-refractivity contribution in [2.75, 3.05) is 11.9 Å². The quantitative estimate of drug-likeness (QED) is 0.718. The molecule has 0 spiro atoms. The molecule has 1 aliphatic rings. The number of anilines is 1. The van der Waals surface area contributed by atoms with Gasteiger partial charge in [0, 0.05) is 18.8 Å². The molecule has 0 unspecified atom stereocenters. The van der Waals surface area contributed by atoms with E-state index in [0.717, 1.165) is 29.8 Å². The Kier molecular flexibility index (Phi) is 6.58. The van der Waals surface area contributed by atoms with Crippen molar-refractivity contribution in [2.45, 2.75) is 52.5 Å². The summed E-state index contributed by atoms with van der Waals surface area (Å²) < 4.78 is 0. The smallest absolute Gasteiger partial charge is 0.270 e. The molecule has 0 bridgehead atoms. The van der Waals surface area contributed by atoms with Gasteiger partial charge in [-0.3, -0.25) is 4.79 Å². The summed E-state index contributed by atoms with van der Waals surface area (Å²) in [4.78, 5) is 21.3. The Morgan fingerprint density at radius 1 is 1.15 bits per heavy atom. The van der Waals surface area contributed by atoms with Gasteiger partial charge in [0.15, 0.2) is 0 Å². The lowest BCUT2D eigenvalue weighted by Gasteiger charge is -2.13. The van der Waals surface area contributed by atoms with Crippen molar-refractivity contribution in [1.29, 1.82) is 0 Å². The highest BCUT2D eigenvalue weighted by Crippen LogP contribution is 2.19. The lowest BCUT2D eigenvalue weighted by Crippen LogP contribution is -2.25. The Bertz CT molecular complexity index is 829. The highest BCUT2D eigenvalue weighted by molar-refractivity contribution is 5.92. The van der Waals surface area contributed by atoms with Crippen molar-refractivity contribution >= 4 is 11.9 Å². The monoisotopic (exact) mass is 364 g/mol. The summed E-state index contributed by atoms with van der Waals surface area (Å²) in [5.41, 5.74) is 4.96. The number of nitrogens with one attached hydrogen (secondary N) is 2. The van der Waals surface area contributed by atoms with Gasteiger partial charge < -0.3 is 10.6 Å². The summed E-state index contributed by atoms with van der Waals surface area (Å²) in [5, 5.41) is 6.22. The zero-order valence-electron chi connectivity index (χ0n) is 16.2. The number of aryl methyl sites for hydroxylation is 2. The Balaban J connectivity index is 1.57. The van der Waals surface area contributed by atoms with E-state index in [9.17, 15) is 4.79 Å². The number of hydrogen-bond acceptors (Lipinski definition) is 4. The average Bonchev–Trinajstić information content (AvgIpc) is 2.67. The van der Waals surface area contributed by atoms with Crippen LogP contribution in [-0.4, -0.2) is 22.4 Å². The molecule has 0 atom stereocenters. The van der Waals surface area contributed by atoms with Gasteiger partial charge in [0.25, 0.3) is 5.91 Å². The third-order valence-corrected chi connectivity index (χ3v) is 4.90. The molecule has 0 radical (unpaired) electrons. The first-order valence-electron chi connectivity index (χ1n) is 9.72. The van der Waals surface area contributed by atoms with Crippen molar-refractivity contribution in [3.05, 3.63) is 64.5 Å². The summed E-state index contributed by atoms with van der Waals surface area (Å²) in [5.74, 6) is 0.342. The van der Waals surface area contributed by atoms with Crippen LogP contribution in [0.25, 0.3) is 0 Å². The van der Waals surface area contributed by atoms with Gasteiger partial charge in [0.05, 0.1) is 0 Å². The summed E-state index contributed by atoms with van der Waals surface area (Å²) in [6.07, 6.45) is 8.35. The zero-order chi connectivity index (χ0) is 19.1. The predicted octanol–water partition coefficient (Wildman–Crippen LogP) is 4.33. The fourth-order valence-electron chi connectivity index (χ4n) is 3.30. The first-order chi connectivity index (χ1) is 13.1. The lowest BCUT2D eigenvalue weighted by atomic mass is 9.97. The largest absolute Gasteiger partial charge is 0.354 e. The fourth-order valence-corrected chi connectivity index (χ4v) is 3.30. The molecule has 27 heavy (non-hydrogen) atoms. The molecule has 0 saturated heterocycles. The molecule has 1 amide bonds. The summed E-state index contributed by atoms with van der Waals surface area (Å²) in [7, 11) is 0. The number of carbonyl (C=O) groups is 1. The molecular formula is C22H28N4O. The van der Waals surface area contributed by atoms with E-state index >= 15 is 0 Å². The molecule has 142 valence electrons. The summed E-state index contributed by atoms with van der Waals surface area (Å²) in [6.45, 7) is 5.21. The number of rotatable bonds is 7. The van der Waals surface area contributed by atoms with Gasteiger partial charge in [-0.25, -0.2) is 9.97 Å². The number of allylic oxidation sites excluding steroid dienone is 1. The summed E-state index contributed by atoms with van der Waals surface area (Å²) in [6, 6.07) is 9.76. The van der Waals surface area contributed by atoms with E-state index in [4.69, 9.17) is 0 Å². The number of nitrogens with zero attached hydrogens (tertiary/aromatic N) is 2. The number of amides is 1. The topological polar surface area (TPSA) is 66.9 Å². The van der Waals surface area contributed by atoms with Crippen LogP contribution in [0.2, 0.25) is 0 Å². The Morgan fingerprint density at radius 3 is 2.78 bits per heavy atom. The van der Waals surface area contributed by atoms with Crippen molar-refractivity contribution in [1.82, 2.24) is 15.3 Å². The van der Waals surface area contributed by atoms with E-state index in [2.05, 4.69) is 26.7 Å². The van der Waals surface area contributed by atoms with Crippen LogP contribution in [0.5, 0.6) is 0 Å². The minimum atomic E-state index is -0.179. The molecule has 1 aliphatic carbocycles. The molecule has 2 N–H and O–H groups in total. The Labute approximate surface area is 161 Å². The van der Waals surface area contributed by atoms with Gasteiger partial charge in [-0.2, -0.15) is 0 Å². The maximum absolute atomic E-state index is 12.5. The van der Waals surface area contributed by atoms with E-state index in [1.807, 2.05) is 38.1 Å². The molecule has 5 nitrogen and oxygen atoms in total. The van der Waals surface area contributed by atoms with Crippen LogP contribution in [-0.2, 0) is 6.54 Å². The van der Waals surface area contributed by atoms with Gasteiger partial charge in [0.1, 0.15) is 5.69 Å². The molecule has 3 rings (SSSR count). The van der Waals surface area contributed by atoms with Crippen LogP contribution in [0.4, 0.5) is 5.95 Å². The maximum Gasteiger partial charge on any atom is 0.270 e. The number of carbonyl (C=O) groups excluding carboxylic acids is 1. The van der Waals surface area contributed by atoms with Crippen LogP contribution in [0, 0.1) is 13.8 Å². The lowest BCUT2D eigenvalue weighted by molar-refractivity contribution is 0.0945. The number of aromatic nitrogens is 2. The minimum Gasteiger partial charge on any atom is -0.354 e. The molecule has 1 aromatic carbocycles. The van der Waals surface area contributed by atoms with Gasteiger partial charge in [-0.15, -0.1) is 0 Å². The van der Waals surface area contributed by atoms with Crippen molar-refractivity contribution in [2.24, 2.45) is 0 Å². The first kappa shape index (κ1) is 19.1. The van der Waals surface area contributed by atoms with Gasteiger partial charge in [-0.1, -0.05) is 35.9 Å². The normalized spacial score (nSPS) is 13.8. The molecule has 1 heterocycles. The second-order valence-corrected chi connectivity index (χ2v) is 7.11. The van der Waals surface area contributed by atoms with Gasteiger partial charge >= 0.3 is 0 Å². The highest BCUT2D eigenvalue weighted by atomic mass is 16.1. The zero-order valence-corrected chi connectivity index (χ0v) is 16.2. The Hall–Kier alpha value is -2.69. The third-order valence-electron chi connectivity index (χ3n) is 4.90. The SMILES string of the molecule is Cc1cc(C(=O)NCc2ccccc2C)nc(NCCC2=CCCCC2)n1. The predicted molar refractivity (Wildman–Crippen MR) is 109 cm³/mol. The van der Waals surface area contributed by atoms with Crippen LogP contribution in [0.15, 0.2) is 42.0 Å². The summed E-state index contributed by atoms with van der Waals surface area (Å²) >= 11 is 0. The molecule has 0 aliphatic heterocycles. The van der Waals surface area contributed by atoms with Crippen LogP contribution < -0.4 is 10.6 Å². The van der Waals surface area contributed by atoms with E-state index in [0.29, 0.717) is 18.2 Å². The standard InChI is InChI=1S/C22H28N4O/c1-16-8-6-7-11-19(16)15-24-21(27)20-14-17(2)25-22(26-20)23-13-12-18-9-4-3-5-10-18/h6-9,11,14H,3-5,10,12-13,15H2,1-2H3,(H,24,27)(H,23,25,26). The van der Waals surface area contributed by atoms with E-state index in [1.54, 1.807) is 6.07 Å². The average molecular weight is 364 g/mol. The Morgan fingerprint density at radius 2 is 2.00 bits per heavy atom. The number of benzene rings is 1. The fraction of sp³-hybridized carbons (Fsp3) is 0.409. The van der Waals surface area contributed by atoms with Crippen LogP contribution in [0.3, 0.4) is 0 Å². The molecule has 2 aromatic rings. The van der Waals surface area contributed by atoms with E-state index in [-0.39, 0.29) is 5.91 Å². The second-order valence-electron chi connectivity index (χ2n) is 7.11. The first-order valence-corrected chi connectivity index (χ1v) is 9.72. The second kappa shape index (κ2) is 9.31. The van der Waals surface area contributed by atoms with Crippen LogP contribution >= 0.6 is 0 Å². The maximum atomic E-state index is 12.5. The number of hydrogen-bond donors (Lipinski definition) is 2. The minimum absolute atomic E-state index is 0.179. The molecule has 1 aromatic heterocycles. The van der Waals surface area contributed by atoms with E-state index < -0.39 is 0 Å². The molecule has 5 heteroatoms. The van der Waals surface area contributed by atoms with Gasteiger partial charge in [-0.05, 0) is 63.1 Å². The van der Waals surface area contributed by atoms with Gasteiger partial charge in [0.2, 0.25) is 5.95 Å². The molecule has 0 fully saturated rings. The molecule has 0 saturated carbocycles. The van der Waals surface area contributed by atoms with Crippen molar-refractivity contribution < 1.29 is 4.79 Å².